The van der Waals surface area contributed by atoms with E-state index in [2.05, 4.69) is 30.8 Å². The Labute approximate surface area is 220 Å². The Balaban J connectivity index is 2.07. The number of hydrogen-bond acceptors (Lipinski definition) is 8. The van der Waals surface area contributed by atoms with Crippen LogP contribution >= 0.6 is 0 Å². The van der Waals surface area contributed by atoms with Crippen LogP contribution in [-0.4, -0.2) is 32.5 Å². The van der Waals surface area contributed by atoms with Crippen molar-refractivity contribution in [1.82, 2.24) is 0 Å². The summed E-state index contributed by atoms with van der Waals surface area (Å²) in [6.45, 7) is 12.3. The highest BCUT2D eigenvalue weighted by Crippen LogP contribution is 2.38. The molecule has 0 aromatic heterocycles. The molecule has 0 heterocycles. The Kier molecular flexibility index (Phi) is 7.66. The van der Waals surface area contributed by atoms with E-state index < -0.39 is 27.0 Å². The number of phenols is 2. The molecule has 0 aliphatic heterocycles. The van der Waals surface area contributed by atoms with Crippen molar-refractivity contribution < 1.29 is 20.1 Å². The number of phenolic OH excluding ortho intramolecular Hbond substituents is 2. The average molecular weight is 519 g/mol. The van der Waals surface area contributed by atoms with Gasteiger partial charge in [0.2, 0.25) is 5.75 Å². The second-order valence-electron chi connectivity index (χ2n) is 10.9. The van der Waals surface area contributed by atoms with Crippen LogP contribution < -0.4 is 0 Å². The monoisotopic (exact) mass is 518 g/mol. The molecular weight excluding hydrogens is 488 g/mol. The minimum Gasteiger partial charge on any atom is -0.507 e. The molecule has 0 saturated carbocycles. The topological polar surface area (TPSA) is 151 Å². The molecular formula is C28H30N4O6. The van der Waals surface area contributed by atoms with Crippen molar-refractivity contribution >= 4 is 35.2 Å². The number of para-hydroxylation sites is 2. The first-order valence-electron chi connectivity index (χ1n) is 11.8. The second kappa shape index (κ2) is 10.4. The lowest BCUT2D eigenvalue weighted by Gasteiger charge is -2.27. The zero-order chi connectivity index (χ0) is 28.4. The van der Waals surface area contributed by atoms with Gasteiger partial charge in [-0.2, -0.15) is 0 Å². The minimum atomic E-state index is -0.901. The maximum absolute atomic E-state index is 11.2. The zero-order valence-electron chi connectivity index (χ0n) is 22.1. The minimum absolute atomic E-state index is 0.129. The Hall–Kier alpha value is -4.60. The summed E-state index contributed by atoms with van der Waals surface area (Å²) >= 11 is 0. The normalized spacial score (nSPS) is 12.4. The van der Waals surface area contributed by atoms with Crippen molar-refractivity contribution in [3.8, 4) is 11.5 Å². The largest absolute Gasteiger partial charge is 0.507 e. The third-order valence-corrected chi connectivity index (χ3v) is 5.89. The molecule has 0 aliphatic carbocycles. The van der Waals surface area contributed by atoms with Gasteiger partial charge >= 0.3 is 5.69 Å². The molecule has 38 heavy (non-hydrogen) atoms. The lowest BCUT2D eigenvalue weighted by atomic mass is 9.79. The van der Waals surface area contributed by atoms with Gasteiger partial charge in [-0.15, -0.1) is 0 Å². The van der Waals surface area contributed by atoms with Crippen LogP contribution in [0.4, 0.5) is 22.7 Å². The van der Waals surface area contributed by atoms with E-state index in [0.29, 0.717) is 23.0 Å². The van der Waals surface area contributed by atoms with Crippen LogP contribution in [0.3, 0.4) is 0 Å². The van der Waals surface area contributed by atoms with Gasteiger partial charge in [0.1, 0.15) is 5.75 Å². The summed E-state index contributed by atoms with van der Waals surface area (Å²) in [5.41, 5.74) is 1.13. The van der Waals surface area contributed by atoms with Gasteiger partial charge in [0, 0.05) is 35.2 Å². The van der Waals surface area contributed by atoms with Gasteiger partial charge in [0.15, 0.2) is 0 Å². The molecule has 0 spiro atoms. The maximum Gasteiger partial charge on any atom is 0.318 e. The number of nitrogens with zero attached hydrogens (tertiary/aromatic N) is 4. The Morgan fingerprint density at radius 1 is 0.737 bits per heavy atom. The number of aliphatic imine (C=N–C) groups is 2. The Bertz CT molecular complexity index is 1460. The standard InChI is InChI=1S/C28H30N4O6/c1-27(2,3)19-11-17(25(33)21(13-19)28(4,5)6)15-29-22-9-7-8-10-23(22)30-16-18-12-20(31(35)36)14-24(26(18)34)32(37)38/h7-16,33-34H,1-6H3. The summed E-state index contributed by atoms with van der Waals surface area (Å²) in [6, 6.07) is 12.4. The van der Waals surface area contributed by atoms with Gasteiger partial charge in [-0.1, -0.05) is 59.7 Å². The lowest BCUT2D eigenvalue weighted by Crippen LogP contribution is -2.17. The number of non-ortho nitro benzene ring substituents is 1. The van der Waals surface area contributed by atoms with Crippen LogP contribution in [0.15, 0.2) is 58.5 Å². The van der Waals surface area contributed by atoms with E-state index in [1.54, 1.807) is 30.5 Å². The van der Waals surface area contributed by atoms with Gasteiger partial charge in [-0.05, 0) is 34.6 Å². The highest BCUT2D eigenvalue weighted by atomic mass is 16.6. The summed E-state index contributed by atoms with van der Waals surface area (Å²) in [4.78, 5) is 29.6. The molecule has 198 valence electrons. The predicted octanol–water partition coefficient (Wildman–Crippen LogP) is 7.01. The average Bonchev–Trinajstić information content (AvgIpc) is 2.81. The molecule has 0 saturated heterocycles. The van der Waals surface area contributed by atoms with E-state index in [-0.39, 0.29) is 22.1 Å². The van der Waals surface area contributed by atoms with Crippen molar-refractivity contribution in [3.05, 3.63) is 91.0 Å². The number of aromatic hydroxyl groups is 2. The summed E-state index contributed by atoms with van der Waals surface area (Å²) in [5.74, 6) is -0.604. The number of hydrogen-bond donors (Lipinski definition) is 2. The Morgan fingerprint density at radius 2 is 1.26 bits per heavy atom. The third kappa shape index (κ3) is 6.20. The van der Waals surface area contributed by atoms with Gasteiger partial charge in [-0.3, -0.25) is 30.2 Å². The molecule has 0 fully saturated rings. The molecule has 0 amide bonds. The molecule has 2 N–H and O–H groups in total. The first kappa shape index (κ1) is 28.0. The molecule has 0 radical (unpaired) electrons. The summed E-state index contributed by atoms with van der Waals surface area (Å²) in [5, 5.41) is 43.7. The molecule has 0 aliphatic rings. The van der Waals surface area contributed by atoms with E-state index in [4.69, 9.17) is 0 Å². The van der Waals surface area contributed by atoms with Crippen LogP contribution in [0.5, 0.6) is 11.5 Å². The number of nitro benzene ring substituents is 2. The van der Waals surface area contributed by atoms with Crippen molar-refractivity contribution in [2.45, 2.75) is 52.4 Å². The summed E-state index contributed by atoms with van der Waals surface area (Å²) in [6.07, 6.45) is 2.66. The molecule has 0 bridgehead atoms. The van der Waals surface area contributed by atoms with E-state index >= 15 is 0 Å². The molecule has 3 aromatic rings. The number of nitro groups is 2. The predicted molar refractivity (Wildman–Crippen MR) is 148 cm³/mol. The van der Waals surface area contributed by atoms with Gasteiger partial charge in [-0.25, -0.2) is 0 Å². The first-order chi connectivity index (χ1) is 17.6. The number of benzene rings is 3. The van der Waals surface area contributed by atoms with Crippen molar-refractivity contribution in [1.29, 1.82) is 0 Å². The third-order valence-electron chi connectivity index (χ3n) is 5.89. The van der Waals surface area contributed by atoms with E-state index in [9.17, 15) is 30.4 Å². The fourth-order valence-electron chi connectivity index (χ4n) is 3.69. The molecule has 3 aromatic carbocycles. The van der Waals surface area contributed by atoms with Crippen LogP contribution in [0, 0.1) is 20.2 Å². The maximum atomic E-state index is 11.2. The van der Waals surface area contributed by atoms with E-state index in [0.717, 1.165) is 23.4 Å². The van der Waals surface area contributed by atoms with Crippen LogP contribution in [0.1, 0.15) is 63.8 Å². The van der Waals surface area contributed by atoms with Crippen LogP contribution in [-0.2, 0) is 10.8 Å². The van der Waals surface area contributed by atoms with Crippen molar-refractivity contribution in [2.24, 2.45) is 9.98 Å². The van der Waals surface area contributed by atoms with Crippen LogP contribution in [0.25, 0.3) is 0 Å². The quantitative estimate of drug-likeness (QED) is 0.203. The van der Waals surface area contributed by atoms with Crippen molar-refractivity contribution in [3.63, 3.8) is 0 Å². The van der Waals surface area contributed by atoms with Gasteiger partial charge in [0.25, 0.3) is 5.69 Å². The molecule has 3 rings (SSSR count). The smallest absolute Gasteiger partial charge is 0.318 e. The molecule has 0 unspecified atom stereocenters. The highest BCUT2D eigenvalue weighted by molar-refractivity contribution is 5.91. The first-order valence-corrected chi connectivity index (χ1v) is 11.8. The second-order valence-corrected chi connectivity index (χ2v) is 10.9. The van der Waals surface area contributed by atoms with Crippen LogP contribution in [0.2, 0.25) is 0 Å². The number of rotatable bonds is 6. The summed E-state index contributed by atoms with van der Waals surface area (Å²) in [7, 11) is 0. The van der Waals surface area contributed by atoms with E-state index in [1.165, 1.54) is 0 Å². The van der Waals surface area contributed by atoms with E-state index in [1.807, 2.05) is 32.9 Å². The molecule has 10 heteroatoms. The van der Waals surface area contributed by atoms with Gasteiger partial charge < -0.3 is 10.2 Å². The molecule has 10 nitrogen and oxygen atoms in total. The summed E-state index contributed by atoms with van der Waals surface area (Å²) < 4.78 is 0. The fraction of sp³-hybridized carbons (Fsp3) is 0.286. The SMILES string of the molecule is CC(C)(C)c1cc(C=Nc2ccccc2N=Cc2cc([N+](=O)[O-])cc([N+](=O)[O-])c2O)c(O)c(C(C)(C)C)c1. The lowest BCUT2D eigenvalue weighted by molar-refractivity contribution is -0.394. The molecule has 0 atom stereocenters. The zero-order valence-corrected chi connectivity index (χ0v) is 22.1. The van der Waals surface area contributed by atoms with Gasteiger partial charge in [0.05, 0.1) is 27.3 Å². The highest BCUT2D eigenvalue weighted by Gasteiger charge is 2.25. The van der Waals surface area contributed by atoms with Crippen molar-refractivity contribution in [2.75, 3.05) is 0 Å². The fourth-order valence-corrected chi connectivity index (χ4v) is 3.69. The Morgan fingerprint density at radius 3 is 1.71 bits per heavy atom.